The Balaban J connectivity index is 1.60. The number of benzene rings is 2. The second-order valence-electron chi connectivity index (χ2n) is 7.97. The molecule has 0 radical (unpaired) electrons. The van der Waals surface area contributed by atoms with E-state index in [0.717, 1.165) is 4.90 Å². The average Bonchev–Trinajstić information content (AvgIpc) is 3.21. The zero-order valence-electron chi connectivity index (χ0n) is 17.0. The summed E-state index contributed by atoms with van der Waals surface area (Å²) in [6.45, 7) is 1.13. The fourth-order valence-electron chi connectivity index (χ4n) is 4.15. The van der Waals surface area contributed by atoms with Gasteiger partial charge in [-0.25, -0.2) is 13.2 Å². The minimum atomic E-state index is -3.24. The average molecular weight is 442 g/mol. The van der Waals surface area contributed by atoms with E-state index in [-0.39, 0.29) is 11.5 Å². The standard InChI is InChI=1S/C22H23N3O5S/c1-22(16-8-4-2-5-9-16)20(27)24(21(28)23-22)14-19(26)25(17-10-6-3-7-11-17)18-12-13-31(29,30)15-18/h2-11,18H,12-15H2,1H3,(H,23,28)/t18-,22-/m1/s1. The lowest BCUT2D eigenvalue weighted by Crippen LogP contribution is -2.48. The monoisotopic (exact) mass is 441 g/mol. The zero-order valence-corrected chi connectivity index (χ0v) is 17.8. The number of rotatable bonds is 5. The quantitative estimate of drug-likeness (QED) is 0.711. The van der Waals surface area contributed by atoms with Gasteiger partial charge in [0, 0.05) is 5.69 Å². The minimum absolute atomic E-state index is 0.00346. The van der Waals surface area contributed by atoms with Gasteiger partial charge < -0.3 is 10.2 Å². The molecule has 2 aromatic rings. The summed E-state index contributed by atoms with van der Waals surface area (Å²) in [6.07, 6.45) is 0.310. The summed E-state index contributed by atoms with van der Waals surface area (Å²) in [4.78, 5) is 41.4. The highest BCUT2D eigenvalue weighted by Crippen LogP contribution is 2.30. The summed E-state index contributed by atoms with van der Waals surface area (Å²) in [6, 6.07) is 16.3. The predicted octanol–water partition coefficient (Wildman–Crippen LogP) is 1.67. The van der Waals surface area contributed by atoms with Crippen molar-refractivity contribution in [1.82, 2.24) is 10.2 Å². The van der Waals surface area contributed by atoms with Gasteiger partial charge >= 0.3 is 6.03 Å². The molecule has 2 aliphatic rings. The van der Waals surface area contributed by atoms with Crippen molar-refractivity contribution in [2.45, 2.75) is 24.9 Å². The van der Waals surface area contributed by atoms with E-state index >= 15 is 0 Å². The Bertz CT molecular complexity index is 1120. The number of nitrogens with one attached hydrogen (secondary N) is 1. The topological polar surface area (TPSA) is 104 Å². The third kappa shape index (κ3) is 3.93. The normalized spacial score (nSPS) is 24.8. The number of imide groups is 1. The van der Waals surface area contributed by atoms with Crippen molar-refractivity contribution in [2.75, 3.05) is 23.0 Å². The highest BCUT2D eigenvalue weighted by molar-refractivity contribution is 7.91. The van der Waals surface area contributed by atoms with Gasteiger partial charge in [-0.3, -0.25) is 14.5 Å². The summed E-state index contributed by atoms with van der Waals surface area (Å²) in [5.41, 5.74) is -0.120. The first kappa shape index (κ1) is 21.0. The third-order valence-corrected chi connectivity index (χ3v) is 7.55. The van der Waals surface area contributed by atoms with Crippen LogP contribution in [-0.4, -0.2) is 55.3 Å². The van der Waals surface area contributed by atoms with Gasteiger partial charge in [0.2, 0.25) is 5.91 Å². The van der Waals surface area contributed by atoms with Gasteiger partial charge in [0.25, 0.3) is 5.91 Å². The van der Waals surface area contributed by atoms with E-state index in [0.29, 0.717) is 17.7 Å². The van der Waals surface area contributed by atoms with E-state index in [1.165, 1.54) is 4.90 Å². The Morgan fingerprint density at radius 2 is 1.71 bits per heavy atom. The summed E-state index contributed by atoms with van der Waals surface area (Å²) < 4.78 is 24.0. The van der Waals surface area contributed by atoms with Gasteiger partial charge in [0.1, 0.15) is 12.1 Å². The number of carbonyl (C=O) groups is 3. The molecule has 0 spiro atoms. The van der Waals surface area contributed by atoms with Crippen LogP contribution in [0.4, 0.5) is 10.5 Å². The molecule has 4 amide bonds. The molecule has 162 valence electrons. The summed E-state index contributed by atoms with van der Waals surface area (Å²) in [5, 5.41) is 2.68. The van der Waals surface area contributed by atoms with Crippen LogP contribution < -0.4 is 10.2 Å². The molecule has 2 aliphatic heterocycles. The van der Waals surface area contributed by atoms with Crippen LogP contribution in [0.3, 0.4) is 0 Å². The van der Waals surface area contributed by atoms with E-state index < -0.39 is 45.8 Å². The van der Waals surface area contributed by atoms with Crippen molar-refractivity contribution in [1.29, 1.82) is 0 Å². The van der Waals surface area contributed by atoms with Crippen LogP contribution in [0.5, 0.6) is 0 Å². The van der Waals surface area contributed by atoms with Gasteiger partial charge in [-0.2, -0.15) is 0 Å². The largest absolute Gasteiger partial charge is 0.325 e. The maximum Gasteiger partial charge on any atom is 0.325 e. The maximum atomic E-state index is 13.3. The Kier molecular flexibility index (Phi) is 5.30. The fraction of sp³-hybridized carbons (Fsp3) is 0.318. The van der Waals surface area contributed by atoms with Crippen LogP contribution in [0.25, 0.3) is 0 Å². The lowest BCUT2D eigenvalue weighted by molar-refractivity contribution is -0.134. The molecule has 8 nitrogen and oxygen atoms in total. The van der Waals surface area contributed by atoms with E-state index in [9.17, 15) is 22.8 Å². The highest BCUT2D eigenvalue weighted by Gasteiger charge is 2.50. The Morgan fingerprint density at radius 3 is 2.29 bits per heavy atom. The number of carbonyl (C=O) groups excluding carboxylic acids is 3. The number of urea groups is 1. The zero-order chi connectivity index (χ0) is 22.2. The second kappa shape index (κ2) is 7.81. The number of sulfone groups is 1. The van der Waals surface area contributed by atoms with Gasteiger partial charge in [-0.05, 0) is 31.0 Å². The molecule has 0 saturated carbocycles. The molecule has 2 fully saturated rings. The van der Waals surface area contributed by atoms with E-state index in [2.05, 4.69) is 5.32 Å². The van der Waals surface area contributed by atoms with Crippen LogP contribution >= 0.6 is 0 Å². The third-order valence-electron chi connectivity index (χ3n) is 5.80. The molecule has 1 N–H and O–H groups in total. The molecule has 2 heterocycles. The fourth-order valence-corrected chi connectivity index (χ4v) is 5.85. The van der Waals surface area contributed by atoms with Crippen LogP contribution in [0.2, 0.25) is 0 Å². The number of amides is 4. The molecule has 4 rings (SSSR count). The Labute approximate surface area is 180 Å². The van der Waals surface area contributed by atoms with Crippen molar-refractivity contribution >= 4 is 33.4 Å². The molecule has 31 heavy (non-hydrogen) atoms. The molecule has 0 aromatic heterocycles. The highest BCUT2D eigenvalue weighted by atomic mass is 32.2. The lowest BCUT2D eigenvalue weighted by Gasteiger charge is -2.30. The molecule has 0 unspecified atom stereocenters. The summed E-state index contributed by atoms with van der Waals surface area (Å²) >= 11 is 0. The van der Waals surface area contributed by atoms with Crippen molar-refractivity contribution in [2.24, 2.45) is 0 Å². The minimum Gasteiger partial charge on any atom is -0.319 e. The van der Waals surface area contributed by atoms with E-state index in [4.69, 9.17) is 0 Å². The summed E-state index contributed by atoms with van der Waals surface area (Å²) in [5.74, 6) is -1.17. The van der Waals surface area contributed by atoms with Gasteiger partial charge in [-0.1, -0.05) is 48.5 Å². The van der Waals surface area contributed by atoms with E-state index in [1.807, 2.05) is 6.07 Å². The number of para-hydroxylation sites is 1. The van der Waals surface area contributed by atoms with E-state index in [1.54, 1.807) is 61.5 Å². The molecule has 2 atom stereocenters. The molecular weight excluding hydrogens is 418 g/mol. The van der Waals surface area contributed by atoms with Crippen molar-refractivity contribution in [3.05, 3.63) is 66.2 Å². The van der Waals surface area contributed by atoms with Crippen LogP contribution in [0, 0.1) is 0 Å². The molecule has 0 bridgehead atoms. The van der Waals surface area contributed by atoms with Crippen molar-refractivity contribution in [3.8, 4) is 0 Å². The molecule has 2 aromatic carbocycles. The molecule has 2 saturated heterocycles. The van der Waals surface area contributed by atoms with Crippen LogP contribution in [0.15, 0.2) is 60.7 Å². The maximum absolute atomic E-state index is 13.3. The second-order valence-corrected chi connectivity index (χ2v) is 10.2. The first-order valence-corrected chi connectivity index (χ1v) is 11.8. The van der Waals surface area contributed by atoms with Crippen molar-refractivity contribution in [3.63, 3.8) is 0 Å². The lowest BCUT2D eigenvalue weighted by atomic mass is 9.92. The number of anilines is 1. The summed E-state index contributed by atoms with van der Waals surface area (Å²) in [7, 11) is -3.24. The predicted molar refractivity (Wildman–Crippen MR) is 115 cm³/mol. The van der Waals surface area contributed by atoms with Crippen molar-refractivity contribution < 1.29 is 22.8 Å². The molecule has 0 aliphatic carbocycles. The van der Waals surface area contributed by atoms with Crippen LogP contribution in [0.1, 0.15) is 18.9 Å². The SMILES string of the molecule is C[C@]1(c2ccccc2)NC(=O)N(CC(=O)N(c2ccccc2)[C@@H]2CCS(=O)(=O)C2)C1=O. The molecular formula is C22H23N3O5S. The van der Waals surface area contributed by atoms with Gasteiger partial charge in [-0.15, -0.1) is 0 Å². The number of hydrogen-bond donors (Lipinski definition) is 1. The van der Waals surface area contributed by atoms with Gasteiger partial charge in [0.15, 0.2) is 9.84 Å². The Hall–Kier alpha value is -3.20. The smallest absolute Gasteiger partial charge is 0.319 e. The number of hydrogen-bond acceptors (Lipinski definition) is 5. The van der Waals surface area contributed by atoms with Gasteiger partial charge in [0.05, 0.1) is 17.5 Å². The Morgan fingerprint density at radius 1 is 1.10 bits per heavy atom. The first-order valence-electron chi connectivity index (χ1n) is 9.98. The van der Waals surface area contributed by atoms with Crippen LogP contribution in [-0.2, 0) is 25.0 Å². The number of nitrogens with zero attached hydrogens (tertiary/aromatic N) is 2. The first-order chi connectivity index (χ1) is 14.7. The molecule has 9 heteroatoms.